The van der Waals surface area contributed by atoms with Crippen LogP contribution in [-0.2, 0) is 5.33 Å². The molecule has 0 spiro atoms. The van der Waals surface area contributed by atoms with Gasteiger partial charge in [0, 0.05) is 5.33 Å². The molecular formula is C8H6BrF3INO2. The van der Waals surface area contributed by atoms with Crippen LogP contribution in [0, 0.1) is 3.70 Å². The molecule has 0 unspecified atom stereocenters. The molecule has 0 aromatic carbocycles. The summed E-state index contributed by atoms with van der Waals surface area (Å²) < 4.78 is 45.3. The average Bonchev–Trinajstić information content (AvgIpc) is 2.18. The predicted octanol–water partition coefficient (Wildman–Crippen LogP) is 3.49. The summed E-state index contributed by atoms with van der Waals surface area (Å²) in [6.45, 7) is 0. The highest BCUT2D eigenvalue weighted by Gasteiger charge is 2.33. The van der Waals surface area contributed by atoms with Crippen LogP contribution in [0.25, 0.3) is 0 Å². The largest absolute Gasteiger partial charge is 0.573 e. The highest BCUT2D eigenvalue weighted by atomic mass is 127. The summed E-state index contributed by atoms with van der Waals surface area (Å²) in [4.78, 5) is 3.86. The van der Waals surface area contributed by atoms with Gasteiger partial charge >= 0.3 is 6.36 Å². The Hall–Kier alpha value is -0.250. The molecule has 1 heterocycles. The molecule has 0 radical (unpaired) electrons. The zero-order valence-electron chi connectivity index (χ0n) is 7.94. The number of hydrogen-bond acceptors (Lipinski definition) is 3. The third kappa shape index (κ3) is 3.65. The molecule has 0 N–H and O–H groups in total. The molecule has 3 nitrogen and oxygen atoms in total. The highest BCUT2D eigenvalue weighted by molar-refractivity contribution is 14.1. The van der Waals surface area contributed by atoms with E-state index in [2.05, 4.69) is 25.7 Å². The van der Waals surface area contributed by atoms with Crippen LogP contribution in [-0.4, -0.2) is 18.5 Å². The Balaban J connectivity index is 3.15. The molecule has 0 bridgehead atoms. The number of ether oxygens (including phenoxy) is 2. The van der Waals surface area contributed by atoms with E-state index < -0.39 is 12.1 Å². The molecule has 1 aromatic rings. The fourth-order valence-electron chi connectivity index (χ4n) is 0.933. The van der Waals surface area contributed by atoms with Crippen molar-refractivity contribution in [1.82, 2.24) is 4.98 Å². The van der Waals surface area contributed by atoms with Gasteiger partial charge < -0.3 is 9.47 Å². The Morgan fingerprint density at radius 3 is 2.56 bits per heavy atom. The van der Waals surface area contributed by atoms with Gasteiger partial charge in [-0.2, -0.15) is 0 Å². The SMILES string of the molecule is COc1nc(I)c(CBr)cc1OC(F)(F)F. The molecule has 0 amide bonds. The van der Waals surface area contributed by atoms with E-state index >= 15 is 0 Å². The lowest BCUT2D eigenvalue weighted by Gasteiger charge is -2.13. The standard InChI is InChI=1S/C8H6BrF3INO2/c1-15-7-5(16-8(10,11)12)2-4(3-9)6(13)14-7/h2H,3H2,1H3. The van der Waals surface area contributed by atoms with Gasteiger partial charge in [-0.15, -0.1) is 13.2 Å². The van der Waals surface area contributed by atoms with E-state index in [-0.39, 0.29) is 5.88 Å². The van der Waals surface area contributed by atoms with Crippen LogP contribution >= 0.6 is 38.5 Å². The minimum Gasteiger partial charge on any atom is -0.478 e. The van der Waals surface area contributed by atoms with Crippen molar-refractivity contribution in [2.45, 2.75) is 11.7 Å². The highest BCUT2D eigenvalue weighted by Crippen LogP contribution is 2.33. The molecule has 1 aromatic heterocycles. The summed E-state index contributed by atoms with van der Waals surface area (Å²) in [5, 5.41) is 0.385. The Morgan fingerprint density at radius 1 is 1.50 bits per heavy atom. The van der Waals surface area contributed by atoms with Gasteiger partial charge in [0.1, 0.15) is 3.70 Å². The lowest BCUT2D eigenvalue weighted by Crippen LogP contribution is -2.18. The topological polar surface area (TPSA) is 31.4 Å². The minimum absolute atomic E-state index is 0.188. The summed E-state index contributed by atoms with van der Waals surface area (Å²) in [6, 6.07) is 1.25. The van der Waals surface area contributed by atoms with Crippen molar-refractivity contribution in [2.24, 2.45) is 0 Å². The number of halogens is 5. The van der Waals surface area contributed by atoms with Crippen LogP contribution < -0.4 is 9.47 Å². The smallest absolute Gasteiger partial charge is 0.478 e. The first-order chi connectivity index (χ1) is 7.37. The first-order valence-electron chi connectivity index (χ1n) is 3.92. The fraction of sp³-hybridized carbons (Fsp3) is 0.375. The van der Waals surface area contributed by atoms with Gasteiger partial charge in [-0.25, -0.2) is 4.98 Å². The summed E-state index contributed by atoms with van der Waals surface area (Å²) >= 11 is 5.05. The van der Waals surface area contributed by atoms with E-state index in [0.717, 1.165) is 0 Å². The van der Waals surface area contributed by atoms with Crippen LogP contribution in [0.1, 0.15) is 5.56 Å². The summed E-state index contributed by atoms with van der Waals surface area (Å²) in [5.41, 5.74) is 0.598. The van der Waals surface area contributed by atoms with Gasteiger partial charge in [-0.05, 0) is 34.2 Å². The Kier molecular flexibility index (Phi) is 4.65. The van der Waals surface area contributed by atoms with Crippen molar-refractivity contribution in [2.75, 3.05) is 7.11 Å². The van der Waals surface area contributed by atoms with Crippen molar-refractivity contribution >= 4 is 38.5 Å². The second kappa shape index (κ2) is 5.39. The van der Waals surface area contributed by atoms with Crippen molar-refractivity contribution in [3.05, 3.63) is 15.3 Å². The van der Waals surface area contributed by atoms with Crippen molar-refractivity contribution in [1.29, 1.82) is 0 Å². The van der Waals surface area contributed by atoms with Gasteiger partial charge in [0.15, 0.2) is 5.75 Å². The maximum absolute atomic E-state index is 12.1. The average molecular weight is 412 g/mol. The molecule has 0 saturated heterocycles. The summed E-state index contributed by atoms with van der Waals surface area (Å²) in [6.07, 6.45) is -4.76. The molecule has 0 atom stereocenters. The van der Waals surface area contributed by atoms with E-state index in [0.29, 0.717) is 14.6 Å². The molecule has 90 valence electrons. The third-order valence-electron chi connectivity index (χ3n) is 1.54. The van der Waals surface area contributed by atoms with Crippen LogP contribution in [0.5, 0.6) is 11.6 Å². The van der Waals surface area contributed by atoms with Gasteiger partial charge in [-0.1, -0.05) is 15.9 Å². The molecular weight excluding hydrogens is 406 g/mol. The van der Waals surface area contributed by atoms with Crippen LogP contribution in [0.2, 0.25) is 0 Å². The van der Waals surface area contributed by atoms with E-state index in [9.17, 15) is 13.2 Å². The number of methoxy groups -OCH3 is 1. The van der Waals surface area contributed by atoms with Gasteiger partial charge in [0.25, 0.3) is 5.88 Å². The molecule has 0 aliphatic carbocycles. The minimum atomic E-state index is -4.76. The first kappa shape index (κ1) is 13.8. The zero-order valence-corrected chi connectivity index (χ0v) is 11.7. The molecule has 1 rings (SSSR count). The summed E-state index contributed by atoms with van der Waals surface area (Å²) in [7, 11) is 1.23. The predicted molar refractivity (Wildman–Crippen MR) is 62.8 cm³/mol. The van der Waals surface area contributed by atoms with Crippen LogP contribution in [0.15, 0.2) is 6.07 Å². The number of rotatable bonds is 3. The van der Waals surface area contributed by atoms with E-state index in [1.807, 2.05) is 22.6 Å². The van der Waals surface area contributed by atoms with Gasteiger partial charge in [0.2, 0.25) is 0 Å². The quantitative estimate of drug-likeness (QED) is 0.433. The molecule has 0 aliphatic rings. The van der Waals surface area contributed by atoms with Gasteiger partial charge in [-0.3, -0.25) is 0 Å². The molecule has 0 aliphatic heterocycles. The normalized spacial score (nSPS) is 11.4. The summed E-state index contributed by atoms with van der Waals surface area (Å²) in [5.74, 6) is -0.628. The molecule has 8 heteroatoms. The maximum atomic E-state index is 12.1. The number of alkyl halides is 4. The number of hydrogen-bond donors (Lipinski definition) is 0. The second-order valence-corrected chi connectivity index (χ2v) is 4.21. The van der Waals surface area contributed by atoms with Crippen molar-refractivity contribution in [3.8, 4) is 11.6 Å². The Labute approximate surface area is 112 Å². The fourth-order valence-corrected chi connectivity index (χ4v) is 2.45. The molecule has 0 fully saturated rings. The lowest BCUT2D eigenvalue weighted by atomic mass is 10.3. The number of nitrogens with zero attached hydrogens (tertiary/aromatic N) is 1. The van der Waals surface area contributed by atoms with E-state index in [4.69, 9.17) is 4.74 Å². The maximum Gasteiger partial charge on any atom is 0.573 e. The number of aromatic nitrogens is 1. The second-order valence-electron chi connectivity index (χ2n) is 2.63. The van der Waals surface area contributed by atoms with Crippen LogP contribution in [0.3, 0.4) is 0 Å². The van der Waals surface area contributed by atoms with Crippen molar-refractivity contribution < 1.29 is 22.6 Å². The van der Waals surface area contributed by atoms with Gasteiger partial charge in [0.05, 0.1) is 7.11 Å². The lowest BCUT2D eigenvalue weighted by molar-refractivity contribution is -0.275. The first-order valence-corrected chi connectivity index (χ1v) is 6.12. The third-order valence-corrected chi connectivity index (χ3v) is 3.08. The molecule has 0 saturated carbocycles. The number of pyridine rings is 1. The van der Waals surface area contributed by atoms with Crippen LogP contribution in [0.4, 0.5) is 13.2 Å². The van der Waals surface area contributed by atoms with E-state index in [1.165, 1.54) is 13.2 Å². The van der Waals surface area contributed by atoms with Crippen molar-refractivity contribution in [3.63, 3.8) is 0 Å². The monoisotopic (exact) mass is 411 g/mol. The van der Waals surface area contributed by atoms with E-state index in [1.54, 1.807) is 0 Å². The Bertz CT molecular complexity index is 386. The molecule has 16 heavy (non-hydrogen) atoms. The zero-order chi connectivity index (χ0) is 12.3. The Morgan fingerprint density at radius 2 is 2.12 bits per heavy atom.